The minimum atomic E-state index is -3.54. The number of hydrogen-bond donors (Lipinski definition) is 2. The van der Waals surface area contributed by atoms with Gasteiger partial charge in [-0.15, -0.1) is 0 Å². The van der Waals surface area contributed by atoms with Crippen molar-refractivity contribution in [3.05, 3.63) is 29.8 Å². The van der Waals surface area contributed by atoms with Crippen molar-refractivity contribution in [1.82, 2.24) is 4.72 Å². The Kier molecular flexibility index (Phi) is 4.72. The van der Waals surface area contributed by atoms with Gasteiger partial charge in [0.05, 0.1) is 11.5 Å². The lowest BCUT2D eigenvalue weighted by molar-refractivity contribution is 0.305. The van der Waals surface area contributed by atoms with Gasteiger partial charge in [0.15, 0.2) is 0 Å². The third-order valence-electron chi connectivity index (χ3n) is 3.61. The third kappa shape index (κ3) is 4.31. The van der Waals surface area contributed by atoms with Gasteiger partial charge in [0.1, 0.15) is 0 Å². The fourth-order valence-electron chi connectivity index (χ4n) is 2.26. The largest absolute Gasteiger partial charge is 0.395 e. The molecule has 114 valence electrons. The molecule has 2 rings (SSSR count). The molecule has 0 bridgehead atoms. The number of sulfonamides is 1. The average molecular weight is 307 g/mol. The molecule has 0 amide bonds. The first-order valence-electron chi connectivity index (χ1n) is 7.09. The van der Waals surface area contributed by atoms with Crippen LogP contribution in [-0.2, 0) is 10.0 Å². The van der Waals surface area contributed by atoms with Gasteiger partial charge in [-0.3, -0.25) is 0 Å². The molecule has 21 heavy (non-hydrogen) atoms. The molecule has 1 fully saturated rings. The van der Waals surface area contributed by atoms with Gasteiger partial charge in [-0.05, 0) is 50.8 Å². The van der Waals surface area contributed by atoms with Crippen LogP contribution in [0, 0.1) is 17.8 Å². The molecule has 1 aromatic rings. The van der Waals surface area contributed by atoms with Crippen molar-refractivity contribution in [2.75, 3.05) is 6.61 Å². The second-order valence-corrected chi connectivity index (χ2v) is 7.59. The number of hydrogen-bond acceptors (Lipinski definition) is 3. The standard InChI is InChI=1S/C16H21NO3S/c1-16(2,14-9-10-14)17-21(19,20)15-8-5-7-13(12-15)6-3-4-11-18/h5,7-8,12,14,17-18H,4,9-11H2,1-2H3. The highest BCUT2D eigenvalue weighted by Gasteiger charge is 2.40. The van der Waals surface area contributed by atoms with Gasteiger partial charge in [0.2, 0.25) is 10.0 Å². The van der Waals surface area contributed by atoms with Crippen molar-refractivity contribution in [2.45, 2.75) is 43.5 Å². The molecular formula is C16H21NO3S. The summed E-state index contributed by atoms with van der Waals surface area (Å²) in [5.74, 6) is 6.06. The second kappa shape index (κ2) is 6.18. The Balaban J connectivity index is 2.20. The summed E-state index contributed by atoms with van der Waals surface area (Å²) in [6, 6.07) is 6.58. The molecule has 0 spiro atoms. The van der Waals surface area contributed by atoms with Gasteiger partial charge < -0.3 is 5.11 Å². The molecule has 4 nitrogen and oxygen atoms in total. The molecule has 0 radical (unpaired) electrons. The van der Waals surface area contributed by atoms with Gasteiger partial charge in [-0.2, -0.15) is 0 Å². The maximum atomic E-state index is 12.5. The average Bonchev–Trinajstić information content (AvgIpc) is 3.23. The summed E-state index contributed by atoms with van der Waals surface area (Å²) in [6.07, 6.45) is 2.52. The summed E-state index contributed by atoms with van der Waals surface area (Å²) >= 11 is 0. The summed E-state index contributed by atoms with van der Waals surface area (Å²) in [5.41, 5.74) is 0.216. The first-order chi connectivity index (χ1) is 9.85. The lowest BCUT2D eigenvalue weighted by Crippen LogP contribution is -2.45. The van der Waals surface area contributed by atoms with Crippen LogP contribution in [0.5, 0.6) is 0 Å². The van der Waals surface area contributed by atoms with Crippen LogP contribution in [0.1, 0.15) is 38.7 Å². The number of aliphatic hydroxyl groups is 1. The highest BCUT2D eigenvalue weighted by molar-refractivity contribution is 7.89. The highest BCUT2D eigenvalue weighted by atomic mass is 32.2. The fourth-order valence-corrected chi connectivity index (χ4v) is 3.77. The van der Waals surface area contributed by atoms with Crippen LogP contribution >= 0.6 is 0 Å². The maximum Gasteiger partial charge on any atom is 0.241 e. The molecule has 0 aromatic heterocycles. The molecule has 1 aliphatic carbocycles. The maximum absolute atomic E-state index is 12.5. The van der Waals surface area contributed by atoms with Crippen molar-refractivity contribution < 1.29 is 13.5 Å². The number of nitrogens with one attached hydrogen (secondary N) is 1. The normalized spacial score (nSPS) is 15.4. The molecule has 0 unspecified atom stereocenters. The van der Waals surface area contributed by atoms with Crippen LogP contribution in [-0.4, -0.2) is 25.7 Å². The molecule has 1 saturated carbocycles. The summed E-state index contributed by atoms with van der Waals surface area (Å²) < 4.78 is 27.7. The van der Waals surface area contributed by atoms with Crippen LogP contribution in [0.3, 0.4) is 0 Å². The SMILES string of the molecule is CC(C)(NS(=O)(=O)c1cccc(C#CCCO)c1)C1CC1. The summed E-state index contributed by atoms with van der Waals surface area (Å²) in [4.78, 5) is 0.229. The minimum Gasteiger partial charge on any atom is -0.395 e. The van der Waals surface area contributed by atoms with Gasteiger partial charge >= 0.3 is 0 Å². The molecule has 2 N–H and O–H groups in total. The van der Waals surface area contributed by atoms with Crippen molar-refractivity contribution in [3.63, 3.8) is 0 Å². The van der Waals surface area contributed by atoms with E-state index in [-0.39, 0.29) is 11.5 Å². The first kappa shape index (κ1) is 16.0. The molecule has 0 atom stereocenters. The molecule has 1 aliphatic rings. The van der Waals surface area contributed by atoms with Crippen LogP contribution in [0.2, 0.25) is 0 Å². The zero-order valence-corrected chi connectivity index (χ0v) is 13.2. The Morgan fingerprint density at radius 2 is 2.10 bits per heavy atom. The van der Waals surface area contributed by atoms with E-state index in [4.69, 9.17) is 5.11 Å². The van der Waals surface area contributed by atoms with Gasteiger partial charge in [0, 0.05) is 17.5 Å². The summed E-state index contributed by atoms with van der Waals surface area (Å²) in [5, 5.41) is 8.71. The van der Waals surface area contributed by atoms with Crippen molar-refractivity contribution in [3.8, 4) is 11.8 Å². The van der Waals surface area contributed by atoms with Crippen molar-refractivity contribution in [1.29, 1.82) is 0 Å². The van der Waals surface area contributed by atoms with E-state index in [0.717, 1.165) is 12.8 Å². The fraction of sp³-hybridized carbons (Fsp3) is 0.500. The van der Waals surface area contributed by atoms with E-state index in [9.17, 15) is 8.42 Å². The Hall–Kier alpha value is -1.35. The predicted octanol–water partition coefficient (Wildman–Crippen LogP) is 1.89. The second-order valence-electron chi connectivity index (χ2n) is 5.90. The van der Waals surface area contributed by atoms with Crippen molar-refractivity contribution in [2.24, 2.45) is 5.92 Å². The zero-order chi connectivity index (χ0) is 15.5. The van der Waals surface area contributed by atoms with E-state index in [0.29, 0.717) is 17.9 Å². The Bertz CT molecular complexity index is 664. The van der Waals surface area contributed by atoms with E-state index in [2.05, 4.69) is 16.6 Å². The van der Waals surface area contributed by atoms with E-state index >= 15 is 0 Å². The summed E-state index contributed by atoms with van der Waals surface area (Å²) in [7, 11) is -3.54. The zero-order valence-electron chi connectivity index (χ0n) is 12.4. The van der Waals surface area contributed by atoms with Crippen LogP contribution in [0.15, 0.2) is 29.2 Å². The van der Waals surface area contributed by atoms with Gasteiger partial charge in [-0.1, -0.05) is 17.9 Å². The Morgan fingerprint density at radius 1 is 1.38 bits per heavy atom. The summed E-state index contributed by atoms with van der Waals surface area (Å²) in [6.45, 7) is 3.85. The van der Waals surface area contributed by atoms with E-state index in [1.807, 2.05) is 13.8 Å². The van der Waals surface area contributed by atoms with E-state index < -0.39 is 15.6 Å². The molecular weight excluding hydrogens is 286 g/mol. The minimum absolute atomic E-state index is 0.00211. The van der Waals surface area contributed by atoms with Gasteiger partial charge in [-0.25, -0.2) is 13.1 Å². The lowest BCUT2D eigenvalue weighted by atomic mass is 10.0. The predicted molar refractivity (Wildman–Crippen MR) is 82.1 cm³/mol. The molecule has 0 heterocycles. The molecule has 0 aliphatic heterocycles. The lowest BCUT2D eigenvalue weighted by Gasteiger charge is -2.25. The monoisotopic (exact) mass is 307 g/mol. The van der Waals surface area contributed by atoms with E-state index in [1.54, 1.807) is 24.3 Å². The highest BCUT2D eigenvalue weighted by Crippen LogP contribution is 2.39. The van der Waals surface area contributed by atoms with Crippen molar-refractivity contribution >= 4 is 10.0 Å². The number of aliphatic hydroxyl groups excluding tert-OH is 1. The molecule has 5 heteroatoms. The topological polar surface area (TPSA) is 66.4 Å². The Morgan fingerprint density at radius 3 is 2.71 bits per heavy atom. The third-order valence-corrected chi connectivity index (χ3v) is 5.28. The van der Waals surface area contributed by atoms with Crippen LogP contribution < -0.4 is 4.72 Å². The van der Waals surface area contributed by atoms with Gasteiger partial charge in [0.25, 0.3) is 0 Å². The molecule has 0 saturated heterocycles. The number of rotatable bonds is 5. The van der Waals surface area contributed by atoms with Crippen LogP contribution in [0.25, 0.3) is 0 Å². The van der Waals surface area contributed by atoms with E-state index in [1.165, 1.54) is 0 Å². The first-order valence-corrected chi connectivity index (χ1v) is 8.57. The number of benzene rings is 1. The molecule has 1 aromatic carbocycles. The quantitative estimate of drug-likeness (QED) is 0.816. The van der Waals surface area contributed by atoms with Crippen LogP contribution in [0.4, 0.5) is 0 Å². The Labute approximate surface area is 126 Å². The smallest absolute Gasteiger partial charge is 0.241 e.